The molecule has 0 aromatic rings. The van der Waals surface area contributed by atoms with E-state index in [1.807, 2.05) is 19.8 Å². The Morgan fingerprint density at radius 2 is 2.18 bits per heavy atom. The summed E-state index contributed by atoms with van der Waals surface area (Å²) in [5.74, 6) is 1.82. The van der Waals surface area contributed by atoms with Crippen LogP contribution >= 0.6 is 0 Å². The summed E-state index contributed by atoms with van der Waals surface area (Å²) in [6.45, 7) is 5.47. The molecule has 0 rings (SSSR count). The van der Waals surface area contributed by atoms with E-state index in [1.165, 1.54) is 0 Å². The summed E-state index contributed by atoms with van der Waals surface area (Å²) in [4.78, 5) is 10.1. The largest absolute Gasteiger partial charge is 0.316 e. The Labute approximate surface area is 67.1 Å². The van der Waals surface area contributed by atoms with E-state index >= 15 is 0 Å². The van der Waals surface area contributed by atoms with Gasteiger partial charge in [-0.15, -0.1) is 0 Å². The second kappa shape index (κ2) is 4.29. The quantitative estimate of drug-likeness (QED) is 0.477. The molecule has 0 unspecified atom stereocenters. The van der Waals surface area contributed by atoms with Crippen LogP contribution in [0.15, 0.2) is 5.57 Å². The topological polar surface area (TPSA) is 49.3 Å². The fraction of sp³-hybridized carbons (Fsp3) is 0.750. The average Bonchev–Trinajstić information content (AvgIpc) is 2.00. The Morgan fingerprint density at radius 1 is 1.64 bits per heavy atom. The summed E-state index contributed by atoms with van der Waals surface area (Å²) in [5.41, 5.74) is 2.54. The van der Waals surface area contributed by atoms with Gasteiger partial charge in [0.15, 0.2) is 0 Å². The molecule has 0 aromatic heterocycles. The van der Waals surface area contributed by atoms with Gasteiger partial charge in [0.1, 0.15) is 5.94 Å². The lowest BCUT2D eigenvalue weighted by molar-refractivity contribution is 0.0767. The van der Waals surface area contributed by atoms with E-state index in [-0.39, 0.29) is 5.54 Å². The van der Waals surface area contributed by atoms with Crippen molar-refractivity contribution in [2.24, 2.45) is 0 Å². The Kier molecular flexibility index (Phi) is 4.04. The van der Waals surface area contributed by atoms with Gasteiger partial charge in [0.25, 0.3) is 0 Å². The van der Waals surface area contributed by atoms with Crippen molar-refractivity contribution in [3.63, 3.8) is 0 Å². The smallest absolute Gasteiger partial charge is 0.123 e. The van der Waals surface area contributed by atoms with E-state index in [1.54, 1.807) is 6.92 Å². The molecule has 0 spiro atoms. The molecular weight excluding hydrogens is 142 g/mol. The normalized spacial score (nSPS) is 10.9. The predicted octanol–water partition coefficient (Wildman–Crippen LogP) is 1.30. The second-order valence-electron chi connectivity index (χ2n) is 3.38. The Balaban J connectivity index is 3.79. The molecule has 0 aliphatic heterocycles. The minimum atomic E-state index is -0.321. The molecule has 0 saturated carbocycles. The molecule has 0 radical (unpaired) electrons. The van der Waals surface area contributed by atoms with Gasteiger partial charge in [0.05, 0.1) is 0 Å². The molecule has 0 saturated heterocycles. The molecule has 64 valence electrons. The third-order valence-corrected chi connectivity index (χ3v) is 1.60. The van der Waals surface area contributed by atoms with E-state index in [0.717, 1.165) is 6.42 Å². The summed E-state index contributed by atoms with van der Waals surface area (Å²) in [6, 6.07) is 0. The van der Waals surface area contributed by atoms with Crippen LogP contribution in [0.1, 0.15) is 33.6 Å². The lowest BCUT2D eigenvalue weighted by atomic mass is 9.97. The zero-order chi connectivity index (χ0) is 8.91. The molecule has 0 amide bonds. The van der Waals surface area contributed by atoms with Crippen LogP contribution in [0.2, 0.25) is 0 Å². The van der Waals surface area contributed by atoms with Gasteiger partial charge < -0.3 is 5.21 Å². The van der Waals surface area contributed by atoms with Crippen molar-refractivity contribution in [2.45, 2.75) is 39.2 Å². The van der Waals surface area contributed by atoms with E-state index in [9.17, 15) is 4.79 Å². The van der Waals surface area contributed by atoms with Crippen molar-refractivity contribution in [3.8, 4) is 0 Å². The molecule has 0 aromatic carbocycles. The molecule has 0 bridgehead atoms. The van der Waals surface area contributed by atoms with E-state index in [0.29, 0.717) is 12.0 Å². The van der Waals surface area contributed by atoms with Gasteiger partial charge in [0, 0.05) is 11.1 Å². The summed E-state index contributed by atoms with van der Waals surface area (Å²) in [7, 11) is 0. The number of carbonyl (C=O) groups excluding carboxylic acids is 1. The first kappa shape index (κ1) is 10.4. The molecule has 0 aliphatic rings. The van der Waals surface area contributed by atoms with Crippen LogP contribution in [-0.2, 0) is 4.79 Å². The predicted molar refractivity (Wildman–Crippen MR) is 43.1 cm³/mol. The molecular formula is C8H15NO2. The number of hydrogen-bond donors (Lipinski definition) is 2. The van der Waals surface area contributed by atoms with Crippen LogP contribution in [-0.4, -0.2) is 16.7 Å². The van der Waals surface area contributed by atoms with Crippen LogP contribution in [0, 0.1) is 0 Å². The highest BCUT2D eigenvalue weighted by Crippen LogP contribution is 2.12. The summed E-state index contributed by atoms with van der Waals surface area (Å²) < 4.78 is 0. The van der Waals surface area contributed by atoms with Gasteiger partial charge in [-0.25, -0.2) is 10.3 Å². The summed E-state index contributed by atoms with van der Waals surface area (Å²) in [5, 5.41) is 8.62. The Morgan fingerprint density at radius 3 is 2.55 bits per heavy atom. The van der Waals surface area contributed by atoms with Crippen LogP contribution in [0.5, 0.6) is 0 Å². The number of allylic oxidation sites excluding steroid dienone is 1. The lowest BCUT2D eigenvalue weighted by Gasteiger charge is -2.21. The van der Waals surface area contributed by atoms with Crippen molar-refractivity contribution >= 4 is 5.94 Å². The summed E-state index contributed by atoms with van der Waals surface area (Å²) >= 11 is 0. The average molecular weight is 157 g/mol. The van der Waals surface area contributed by atoms with Crippen molar-refractivity contribution in [3.05, 3.63) is 5.57 Å². The minimum Gasteiger partial charge on any atom is -0.316 e. The summed E-state index contributed by atoms with van der Waals surface area (Å²) in [6.07, 6.45) is 1.40. The third kappa shape index (κ3) is 4.73. The van der Waals surface area contributed by atoms with Gasteiger partial charge in [-0.05, 0) is 33.6 Å². The molecule has 0 heterocycles. The molecule has 11 heavy (non-hydrogen) atoms. The first-order valence-electron chi connectivity index (χ1n) is 3.63. The van der Waals surface area contributed by atoms with Crippen molar-refractivity contribution < 1.29 is 10.0 Å². The monoisotopic (exact) mass is 157 g/mol. The van der Waals surface area contributed by atoms with E-state index < -0.39 is 0 Å². The zero-order valence-electron chi connectivity index (χ0n) is 7.27. The van der Waals surface area contributed by atoms with Crippen LogP contribution in [0.3, 0.4) is 0 Å². The maximum absolute atomic E-state index is 10.1. The maximum Gasteiger partial charge on any atom is 0.123 e. The molecule has 0 fully saturated rings. The molecule has 3 heteroatoms. The van der Waals surface area contributed by atoms with Gasteiger partial charge in [0.2, 0.25) is 0 Å². The second-order valence-corrected chi connectivity index (χ2v) is 3.38. The standard InChI is InChI=1S/C8H15NO2/c1-7(6-10)4-5-8(2,3)9-11/h9,11H,4-5H2,1-3H3. The first-order valence-corrected chi connectivity index (χ1v) is 3.63. The molecule has 0 atom stereocenters. The third-order valence-electron chi connectivity index (χ3n) is 1.60. The fourth-order valence-corrected chi connectivity index (χ4v) is 0.607. The molecule has 2 N–H and O–H groups in total. The van der Waals surface area contributed by atoms with Crippen molar-refractivity contribution in [2.75, 3.05) is 0 Å². The maximum atomic E-state index is 10.1. The van der Waals surface area contributed by atoms with E-state index in [4.69, 9.17) is 5.21 Å². The Hall–Kier alpha value is -0.630. The van der Waals surface area contributed by atoms with Gasteiger partial charge >= 0.3 is 0 Å². The van der Waals surface area contributed by atoms with Gasteiger partial charge in [-0.1, -0.05) is 0 Å². The number of hydrogen-bond acceptors (Lipinski definition) is 3. The minimum absolute atomic E-state index is 0.321. The molecule has 3 nitrogen and oxygen atoms in total. The number of nitrogens with one attached hydrogen (secondary N) is 1. The molecule has 0 aliphatic carbocycles. The van der Waals surface area contributed by atoms with Crippen molar-refractivity contribution in [1.29, 1.82) is 0 Å². The SMILES string of the molecule is CC(=C=O)CCC(C)(C)NO. The highest BCUT2D eigenvalue weighted by Gasteiger charge is 2.15. The number of hydroxylamine groups is 1. The van der Waals surface area contributed by atoms with Gasteiger partial charge in [-0.2, -0.15) is 0 Å². The highest BCUT2D eigenvalue weighted by atomic mass is 16.5. The first-order chi connectivity index (χ1) is 5.02. The zero-order valence-corrected chi connectivity index (χ0v) is 7.27. The van der Waals surface area contributed by atoms with Crippen molar-refractivity contribution in [1.82, 2.24) is 5.48 Å². The van der Waals surface area contributed by atoms with Crippen LogP contribution in [0.25, 0.3) is 0 Å². The number of rotatable bonds is 4. The van der Waals surface area contributed by atoms with E-state index in [2.05, 4.69) is 5.48 Å². The lowest BCUT2D eigenvalue weighted by Crippen LogP contribution is -2.36. The van der Waals surface area contributed by atoms with Crippen LogP contribution in [0.4, 0.5) is 0 Å². The van der Waals surface area contributed by atoms with Gasteiger partial charge in [-0.3, -0.25) is 0 Å². The van der Waals surface area contributed by atoms with Crippen LogP contribution < -0.4 is 5.48 Å². The highest BCUT2D eigenvalue weighted by molar-refractivity contribution is 5.51. The Bertz CT molecular complexity index is 169. The fourth-order valence-electron chi connectivity index (χ4n) is 0.607.